The number of hydrogen-bond acceptors (Lipinski definition) is 4. The number of benzene rings is 1. The highest BCUT2D eigenvalue weighted by Gasteiger charge is 2.29. The van der Waals surface area contributed by atoms with Crippen molar-refractivity contribution in [2.75, 3.05) is 18.8 Å². The monoisotopic (exact) mass is 373 g/mol. The molecule has 0 amide bonds. The van der Waals surface area contributed by atoms with Gasteiger partial charge in [0.25, 0.3) is 10.0 Å². The Hall–Kier alpha value is -0.530. The predicted octanol–water partition coefficient (Wildman–Crippen LogP) is 4.27. The van der Waals surface area contributed by atoms with Crippen molar-refractivity contribution in [1.82, 2.24) is 4.31 Å². The Bertz CT molecular complexity index is 731. The summed E-state index contributed by atoms with van der Waals surface area (Å²) < 4.78 is 27.2. The molecule has 3 rings (SSSR count). The van der Waals surface area contributed by atoms with Gasteiger partial charge in [0, 0.05) is 29.1 Å². The van der Waals surface area contributed by atoms with E-state index >= 15 is 0 Å². The first-order valence-electron chi connectivity index (χ1n) is 6.99. The minimum Gasteiger partial charge on any atom is -0.206 e. The van der Waals surface area contributed by atoms with Gasteiger partial charge in [0.2, 0.25) is 0 Å². The highest BCUT2D eigenvalue weighted by molar-refractivity contribution is 7.99. The van der Waals surface area contributed by atoms with Crippen molar-refractivity contribution < 1.29 is 8.42 Å². The van der Waals surface area contributed by atoms with Crippen molar-refractivity contribution in [1.29, 1.82) is 0 Å². The molecule has 0 unspecified atom stereocenters. The van der Waals surface area contributed by atoms with Crippen LogP contribution in [0.2, 0.25) is 5.02 Å². The van der Waals surface area contributed by atoms with Crippen LogP contribution in [0.4, 0.5) is 0 Å². The normalized spacial score (nSPS) is 20.7. The van der Waals surface area contributed by atoms with Gasteiger partial charge in [-0.3, -0.25) is 0 Å². The summed E-state index contributed by atoms with van der Waals surface area (Å²) in [5.74, 6) is 0.778. The van der Waals surface area contributed by atoms with Crippen LogP contribution in [-0.2, 0) is 10.0 Å². The molecule has 2 aromatic rings. The van der Waals surface area contributed by atoms with E-state index in [0.717, 1.165) is 22.8 Å². The standard InChI is InChI=1S/C15H16ClNO2S3/c16-13-5-2-1-4-12(13)14-7-8-17(9-11-20-14)22(18,19)15-6-3-10-21-15/h1-6,10,14H,7-9,11H2/t14-/m0/s1. The average Bonchev–Trinajstić information content (AvgIpc) is 2.94. The van der Waals surface area contributed by atoms with Crippen LogP contribution in [0, 0.1) is 0 Å². The molecule has 118 valence electrons. The van der Waals surface area contributed by atoms with E-state index in [1.807, 2.05) is 24.3 Å². The van der Waals surface area contributed by atoms with Gasteiger partial charge in [0.05, 0.1) is 0 Å². The van der Waals surface area contributed by atoms with E-state index in [9.17, 15) is 8.42 Å². The third-order valence-electron chi connectivity index (χ3n) is 3.64. The third-order valence-corrected chi connectivity index (χ3v) is 8.57. The lowest BCUT2D eigenvalue weighted by molar-refractivity contribution is 0.429. The van der Waals surface area contributed by atoms with E-state index in [2.05, 4.69) is 0 Å². The maximum absolute atomic E-state index is 12.6. The van der Waals surface area contributed by atoms with Crippen molar-refractivity contribution in [3.05, 3.63) is 52.4 Å². The Morgan fingerprint density at radius 1 is 1.14 bits per heavy atom. The van der Waals surface area contributed by atoms with Gasteiger partial charge in [-0.2, -0.15) is 16.1 Å². The van der Waals surface area contributed by atoms with E-state index in [1.54, 1.807) is 33.6 Å². The highest BCUT2D eigenvalue weighted by Crippen LogP contribution is 2.38. The Morgan fingerprint density at radius 3 is 2.68 bits per heavy atom. The quantitative estimate of drug-likeness (QED) is 0.806. The largest absolute Gasteiger partial charge is 0.252 e. The number of thiophene rings is 1. The SMILES string of the molecule is O=S(=O)(c1cccs1)N1CCS[C@H](c2ccccc2Cl)CC1. The number of halogens is 1. The zero-order valence-electron chi connectivity index (χ0n) is 11.8. The second-order valence-electron chi connectivity index (χ2n) is 5.01. The number of hydrogen-bond donors (Lipinski definition) is 0. The van der Waals surface area contributed by atoms with Crippen LogP contribution in [0.5, 0.6) is 0 Å². The van der Waals surface area contributed by atoms with E-state index in [-0.39, 0.29) is 5.25 Å². The van der Waals surface area contributed by atoms with Crippen molar-refractivity contribution in [2.45, 2.75) is 15.9 Å². The summed E-state index contributed by atoms with van der Waals surface area (Å²) in [4.78, 5) is 0. The molecule has 7 heteroatoms. The van der Waals surface area contributed by atoms with Crippen molar-refractivity contribution in [2.24, 2.45) is 0 Å². The molecule has 0 saturated carbocycles. The van der Waals surface area contributed by atoms with Crippen molar-refractivity contribution >= 4 is 44.7 Å². The second-order valence-corrected chi connectivity index (χ2v) is 9.84. The fraction of sp³-hybridized carbons (Fsp3) is 0.333. The van der Waals surface area contributed by atoms with Gasteiger partial charge in [-0.15, -0.1) is 11.3 Å². The fourth-order valence-electron chi connectivity index (χ4n) is 2.51. The third kappa shape index (κ3) is 3.36. The molecule has 0 spiro atoms. The Morgan fingerprint density at radius 2 is 1.95 bits per heavy atom. The van der Waals surface area contributed by atoms with Gasteiger partial charge >= 0.3 is 0 Å². The van der Waals surface area contributed by atoms with E-state index in [1.165, 1.54) is 11.3 Å². The summed E-state index contributed by atoms with van der Waals surface area (Å²) in [6.07, 6.45) is 0.777. The smallest absolute Gasteiger partial charge is 0.206 e. The Kier molecular flexibility index (Phi) is 5.14. The first kappa shape index (κ1) is 16.3. The summed E-state index contributed by atoms with van der Waals surface area (Å²) in [7, 11) is -3.35. The zero-order chi connectivity index (χ0) is 15.6. The van der Waals surface area contributed by atoms with Crippen LogP contribution >= 0.6 is 34.7 Å². The molecule has 1 aromatic heterocycles. The molecule has 1 saturated heterocycles. The Labute approximate surface area is 144 Å². The van der Waals surface area contributed by atoms with Crippen LogP contribution in [0.3, 0.4) is 0 Å². The summed E-state index contributed by atoms with van der Waals surface area (Å²) in [6, 6.07) is 11.3. The van der Waals surface area contributed by atoms with Crippen LogP contribution in [0.1, 0.15) is 17.2 Å². The Balaban J connectivity index is 1.77. The molecule has 3 nitrogen and oxygen atoms in total. The first-order valence-corrected chi connectivity index (χ1v) is 10.7. The lowest BCUT2D eigenvalue weighted by Crippen LogP contribution is -2.32. The first-order chi connectivity index (χ1) is 10.6. The van der Waals surface area contributed by atoms with Gasteiger partial charge in [-0.05, 0) is 29.5 Å². The number of nitrogens with zero attached hydrogens (tertiary/aromatic N) is 1. The minimum absolute atomic E-state index is 0.247. The maximum atomic E-state index is 12.6. The van der Waals surface area contributed by atoms with Gasteiger partial charge in [0.1, 0.15) is 4.21 Å². The fourth-order valence-corrected chi connectivity index (χ4v) is 6.83. The van der Waals surface area contributed by atoms with Crippen LogP contribution in [0.15, 0.2) is 46.0 Å². The molecule has 2 heterocycles. The van der Waals surface area contributed by atoms with Crippen molar-refractivity contribution in [3.63, 3.8) is 0 Å². The van der Waals surface area contributed by atoms with Gasteiger partial charge in [-0.1, -0.05) is 35.9 Å². The van der Waals surface area contributed by atoms with Crippen LogP contribution in [-0.4, -0.2) is 31.6 Å². The van der Waals surface area contributed by atoms with E-state index in [4.69, 9.17) is 11.6 Å². The topological polar surface area (TPSA) is 37.4 Å². The van der Waals surface area contributed by atoms with Crippen LogP contribution < -0.4 is 0 Å². The zero-order valence-corrected chi connectivity index (χ0v) is 15.0. The molecule has 0 N–H and O–H groups in total. The number of rotatable bonds is 3. The molecule has 0 aliphatic carbocycles. The molecule has 0 radical (unpaired) electrons. The molecular weight excluding hydrogens is 358 g/mol. The molecule has 1 aliphatic rings. The van der Waals surface area contributed by atoms with Gasteiger partial charge in [0.15, 0.2) is 0 Å². The predicted molar refractivity (Wildman–Crippen MR) is 94.3 cm³/mol. The van der Waals surface area contributed by atoms with E-state index < -0.39 is 10.0 Å². The summed E-state index contributed by atoms with van der Waals surface area (Å²) in [5.41, 5.74) is 1.10. The van der Waals surface area contributed by atoms with Crippen molar-refractivity contribution in [3.8, 4) is 0 Å². The number of thioether (sulfide) groups is 1. The van der Waals surface area contributed by atoms with E-state index in [0.29, 0.717) is 17.3 Å². The van der Waals surface area contributed by atoms with Gasteiger partial charge < -0.3 is 0 Å². The molecule has 1 fully saturated rings. The molecule has 22 heavy (non-hydrogen) atoms. The summed E-state index contributed by atoms with van der Waals surface area (Å²) in [6.45, 7) is 1.08. The second kappa shape index (κ2) is 6.93. The molecule has 0 bridgehead atoms. The molecule has 1 aliphatic heterocycles. The van der Waals surface area contributed by atoms with Crippen LogP contribution in [0.25, 0.3) is 0 Å². The lowest BCUT2D eigenvalue weighted by atomic mass is 10.1. The summed E-state index contributed by atoms with van der Waals surface area (Å²) in [5, 5.41) is 2.80. The lowest BCUT2D eigenvalue weighted by Gasteiger charge is -2.19. The molecule has 1 atom stereocenters. The molecular formula is C15H16ClNO2S3. The molecule has 1 aromatic carbocycles. The summed E-state index contributed by atoms with van der Waals surface area (Å²) >= 11 is 9.33. The maximum Gasteiger partial charge on any atom is 0.252 e. The number of sulfonamides is 1. The highest BCUT2D eigenvalue weighted by atomic mass is 35.5. The van der Waals surface area contributed by atoms with Gasteiger partial charge in [-0.25, -0.2) is 8.42 Å². The average molecular weight is 374 g/mol. The minimum atomic E-state index is -3.35.